The van der Waals surface area contributed by atoms with Crippen LogP contribution >= 0.6 is 0 Å². The van der Waals surface area contributed by atoms with Gasteiger partial charge in [-0.25, -0.2) is 0 Å². The fraction of sp³-hybridized carbons (Fsp3) is 0.560. The SMILES string of the molecule is Cc1c(N)nc(OCCC2CC2)nc1N(CCC=O)Cc1cccc(CN2CCCC2)c1. The van der Waals surface area contributed by atoms with E-state index in [1.54, 1.807) is 0 Å². The van der Waals surface area contributed by atoms with Crippen LogP contribution < -0.4 is 15.4 Å². The van der Waals surface area contributed by atoms with Gasteiger partial charge in [-0.15, -0.1) is 0 Å². The van der Waals surface area contributed by atoms with Crippen LogP contribution in [0.4, 0.5) is 11.6 Å². The molecule has 1 aromatic carbocycles. The third-order valence-corrected chi connectivity index (χ3v) is 6.38. The van der Waals surface area contributed by atoms with E-state index in [0.717, 1.165) is 36.6 Å². The zero-order chi connectivity index (χ0) is 22.3. The number of carbonyl (C=O) groups excluding carboxylic acids is 1. The van der Waals surface area contributed by atoms with Crippen LogP contribution in [0.1, 0.15) is 55.2 Å². The van der Waals surface area contributed by atoms with Crippen molar-refractivity contribution >= 4 is 17.9 Å². The van der Waals surface area contributed by atoms with Gasteiger partial charge >= 0.3 is 6.01 Å². The van der Waals surface area contributed by atoms with E-state index in [1.165, 1.54) is 49.9 Å². The zero-order valence-corrected chi connectivity index (χ0v) is 19.1. The molecule has 7 heteroatoms. The molecule has 1 aliphatic heterocycles. The van der Waals surface area contributed by atoms with E-state index in [1.807, 2.05) is 6.92 Å². The lowest BCUT2D eigenvalue weighted by Gasteiger charge is -2.26. The van der Waals surface area contributed by atoms with Gasteiger partial charge in [-0.05, 0) is 56.3 Å². The largest absolute Gasteiger partial charge is 0.463 e. The molecule has 0 spiro atoms. The summed E-state index contributed by atoms with van der Waals surface area (Å²) >= 11 is 0. The lowest BCUT2D eigenvalue weighted by Crippen LogP contribution is -2.27. The van der Waals surface area contributed by atoms with Gasteiger partial charge in [0, 0.05) is 31.6 Å². The van der Waals surface area contributed by atoms with Crippen LogP contribution in [0.25, 0.3) is 0 Å². The van der Waals surface area contributed by atoms with Crippen LogP contribution in [0.15, 0.2) is 24.3 Å². The van der Waals surface area contributed by atoms with Crippen LogP contribution in [-0.4, -0.2) is 47.4 Å². The monoisotopic (exact) mass is 437 g/mol. The fourth-order valence-corrected chi connectivity index (χ4v) is 4.31. The van der Waals surface area contributed by atoms with Crippen molar-refractivity contribution in [3.8, 4) is 6.01 Å². The molecule has 0 bridgehead atoms. The Balaban J connectivity index is 1.51. The van der Waals surface area contributed by atoms with Crippen molar-refractivity contribution in [2.45, 2.75) is 58.5 Å². The van der Waals surface area contributed by atoms with Crippen LogP contribution in [0.5, 0.6) is 6.01 Å². The Morgan fingerprint density at radius 2 is 2.00 bits per heavy atom. The number of aldehydes is 1. The summed E-state index contributed by atoms with van der Waals surface area (Å²) in [5, 5.41) is 0. The minimum Gasteiger partial charge on any atom is -0.463 e. The molecule has 1 aromatic heterocycles. The molecule has 0 radical (unpaired) electrons. The predicted octanol–water partition coefficient (Wildman–Crippen LogP) is 3.74. The smallest absolute Gasteiger partial charge is 0.320 e. The second kappa shape index (κ2) is 10.8. The number of benzene rings is 1. The zero-order valence-electron chi connectivity index (χ0n) is 19.1. The number of ether oxygens (including phenoxy) is 1. The van der Waals surface area contributed by atoms with Gasteiger partial charge in [-0.3, -0.25) is 4.90 Å². The summed E-state index contributed by atoms with van der Waals surface area (Å²) in [6.45, 7) is 7.10. The first kappa shape index (κ1) is 22.5. The molecule has 1 saturated heterocycles. The Morgan fingerprint density at radius 3 is 2.75 bits per heavy atom. The van der Waals surface area contributed by atoms with E-state index in [2.05, 4.69) is 39.0 Å². The number of likely N-dealkylation sites (tertiary alicyclic amines) is 1. The maximum Gasteiger partial charge on any atom is 0.320 e. The summed E-state index contributed by atoms with van der Waals surface area (Å²) in [5.74, 6) is 1.95. The van der Waals surface area contributed by atoms with E-state index in [4.69, 9.17) is 15.5 Å². The van der Waals surface area contributed by atoms with E-state index < -0.39 is 0 Å². The number of nitrogen functional groups attached to an aromatic ring is 1. The second-order valence-electron chi connectivity index (χ2n) is 9.10. The summed E-state index contributed by atoms with van der Waals surface area (Å²) in [5.41, 5.74) is 9.54. The van der Waals surface area contributed by atoms with Gasteiger partial charge in [-0.2, -0.15) is 9.97 Å². The Kier molecular flexibility index (Phi) is 7.58. The molecule has 7 nitrogen and oxygen atoms in total. The van der Waals surface area contributed by atoms with Crippen LogP contribution in [0.2, 0.25) is 0 Å². The summed E-state index contributed by atoms with van der Waals surface area (Å²) < 4.78 is 5.83. The van der Waals surface area contributed by atoms with Gasteiger partial charge in [-0.1, -0.05) is 37.1 Å². The lowest BCUT2D eigenvalue weighted by molar-refractivity contribution is -0.107. The molecule has 0 unspecified atom stereocenters. The molecule has 2 heterocycles. The first-order valence-electron chi connectivity index (χ1n) is 11.9. The Bertz CT molecular complexity index is 909. The van der Waals surface area contributed by atoms with Crippen molar-refractivity contribution in [1.82, 2.24) is 14.9 Å². The molecule has 0 amide bonds. The van der Waals surface area contributed by atoms with Crippen LogP contribution in [-0.2, 0) is 17.9 Å². The molecule has 2 N–H and O–H groups in total. The minimum absolute atomic E-state index is 0.322. The maximum absolute atomic E-state index is 11.2. The second-order valence-corrected chi connectivity index (χ2v) is 9.10. The molecule has 1 saturated carbocycles. The number of anilines is 2. The lowest BCUT2D eigenvalue weighted by atomic mass is 10.1. The third kappa shape index (κ3) is 6.19. The van der Waals surface area contributed by atoms with E-state index in [0.29, 0.717) is 37.9 Å². The highest BCUT2D eigenvalue weighted by atomic mass is 16.5. The first-order chi connectivity index (χ1) is 15.6. The molecule has 172 valence electrons. The number of carbonyl (C=O) groups is 1. The number of hydrogen-bond donors (Lipinski definition) is 1. The molecule has 2 aromatic rings. The Morgan fingerprint density at radius 1 is 1.22 bits per heavy atom. The van der Waals surface area contributed by atoms with Crippen molar-refractivity contribution in [2.75, 3.05) is 36.9 Å². The van der Waals surface area contributed by atoms with Crippen molar-refractivity contribution in [3.05, 3.63) is 41.0 Å². The van der Waals surface area contributed by atoms with Gasteiger partial charge in [0.2, 0.25) is 0 Å². The molecular formula is C25H35N5O2. The highest BCUT2D eigenvalue weighted by molar-refractivity contribution is 5.59. The summed E-state index contributed by atoms with van der Waals surface area (Å²) in [6, 6.07) is 9.03. The van der Waals surface area contributed by atoms with E-state index >= 15 is 0 Å². The van der Waals surface area contributed by atoms with Crippen LogP contribution in [0, 0.1) is 12.8 Å². The van der Waals surface area contributed by atoms with Gasteiger partial charge in [0.25, 0.3) is 0 Å². The number of nitrogens with zero attached hydrogens (tertiary/aromatic N) is 4. The first-order valence-corrected chi connectivity index (χ1v) is 11.9. The molecule has 2 fully saturated rings. The van der Waals surface area contributed by atoms with Crippen molar-refractivity contribution in [1.29, 1.82) is 0 Å². The van der Waals surface area contributed by atoms with Gasteiger partial charge < -0.3 is 20.2 Å². The molecule has 2 aliphatic rings. The van der Waals surface area contributed by atoms with Gasteiger partial charge in [0.1, 0.15) is 17.9 Å². The Hall–Kier alpha value is -2.67. The number of hydrogen-bond acceptors (Lipinski definition) is 7. The summed E-state index contributed by atoms with van der Waals surface area (Å²) in [6.07, 6.45) is 7.57. The molecule has 32 heavy (non-hydrogen) atoms. The molecule has 0 atom stereocenters. The topological polar surface area (TPSA) is 84.6 Å². The Labute approximate surface area is 191 Å². The normalized spacial score (nSPS) is 16.3. The fourth-order valence-electron chi connectivity index (χ4n) is 4.31. The highest BCUT2D eigenvalue weighted by Gasteiger charge is 2.22. The quantitative estimate of drug-likeness (QED) is 0.506. The summed E-state index contributed by atoms with van der Waals surface area (Å²) in [4.78, 5) is 24.8. The average Bonchev–Trinajstić information content (AvgIpc) is 3.47. The third-order valence-electron chi connectivity index (χ3n) is 6.38. The predicted molar refractivity (Wildman–Crippen MR) is 127 cm³/mol. The van der Waals surface area contributed by atoms with Crippen LogP contribution in [0.3, 0.4) is 0 Å². The van der Waals surface area contributed by atoms with Crippen molar-refractivity contribution < 1.29 is 9.53 Å². The minimum atomic E-state index is 0.322. The van der Waals surface area contributed by atoms with Gasteiger partial charge in [0.15, 0.2) is 0 Å². The highest BCUT2D eigenvalue weighted by Crippen LogP contribution is 2.32. The van der Waals surface area contributed by atoms with Crippen molar-refractivity contribution in [3.63, 3.8) is 0 Å². The standard InChI is InChI=1S/C25H35N5O2/c1-19-23(26)27-25(32-15-10-20-8-9-20)28-24(19)30(13-5-14-31)18-22-7-4-6-21(16-22)17-29-11-2-3-12-29/h4,6-7,14,16,20H,2-3,5,8-13,15,17-18H2,1H3,(H2,26,27,28). The molecular weight excluding hydrogens is 402 g/mol. The maximum atomic E-state index is 11.2. The number of aromatic nitrogens is 2. The number of nitrogens with two attached hydrogens (primary N) is 1. The molecule has 1 aliphatic carbocycles. The van der Waals surface area contributed by atoms with E-state index in [9.17, 15) is 4.79 Å². The summed E-state index contributed by atoms with van der Waals surface area (Å²) in [7, 11) is 0. The van der Waals surface area contributed by atoms with E-state index in [-0.39, 0.29) is 0 Å². The molecule has 4 rings (SSSR count). The van der Waals surface area contributed by atoms with Crippen molar-refractivity contribution in [2.24, 2.45) is 5.92 Å². The van der Waals surface area contributed by atoms with Gasteiger partial charge in [0.05, 0.1) is 6.61 Å². The number of rotatable bonds is 12. The average molecular weight is 438 g/mol.